The molecule has 0 saturated heterocycles. The van der Waals surface area contributed by atoms with Crippen molar-refractivity contribution in [3.05, 3.63) is 70.9 Å². The second-order valence-electron chi connectivity index (χ2n) is 10.3. The van der Waals surface area contributed by atoms with Crippen molar-refractivity contribution in [3.8, 4) is 11.3 Å². The van der Waals surface area contributed by atoms with Gasteiger partial charge in [-0.15, -0.1) is 11.3 Å². The van der Waals surface area contributed by atoms with Gasteiger partial charge < -0.3 is 0 Å². The van der Waals surface area contributed by atoms with E-state index in [1.54, 1.807) is 6.33 Å². The lowest BCUT2D eigenvalue weighted by atomic mass is 9.81. The van der Waals surface area contributed by atoms with E-state index in [0.29, 0.717) is 5.92 Å². The molecule has 0 aliphatic heterocycles. The lowest BCUT2D eigenvalue weighted by Crippen LogP contribution is -2.12. The SMILES string of the molecule is Cc1c(CC(C)C)sc2c(-c3cc(C(C)(C)C)c4cc5ccccc5cc4c3)ncnc12. The van der Waals surface area contributed by atoms with Gasteiger partial charge in [-0.25, -0.2) is 9.97 Å². The molecule has 2 heterocycles. The Kier molecular flexibility index (Phi) is 5.05. The van der Waals surface area contributed by atoms with E-state index < -0.39 is 0 Å². The van der Waals surface area contributed by atoms with Gasteiger partial charge in [0, 0.05) is 10.4 Å². The van der Waals surface area contributed by atoms with Crippen molar-refractivity contribution < 1.29 is 0 Å². The van der Waals surface area contributed by atoms with E-state index in [2.05, 4.69) is 95.1 Å². The molecule has 0 unspecified atom stereocenters. The number of hydrogen-bond acceptors (Lipinski definition) is 3. The van der Waals surface area contributed by atoms with Crippen LogP contribution in [0.2, 0.25) is 0 Å². The third kappa shape index (κ3) is 3.59. The fraction of sp³-hybridized carbons (Fsp3) is 0.310. The van der Waals surface area contributed by atoms with Gasteiger partial charge >= 0.3 is 0 Å². The van der Waals surface area contributed by atoms with Crippen LogP contribution in [0, 0.1) is 12.8 Å². The normalized spacial score (nSPS) is 12.5. The Labute approximate surface area is 194 Å². The zero-order valence-corrected chi connectivity index (χ0v) is 20.6. The highest BCUT2D eigenvalue weighted by atomic mass is 32.1. The summed E-state index contributed by atoms with van der Waals surface area (Å²) in [6.45, 7) is 13.7. The van der Waals surface area contributed by atoms with E-state index in [9.17, 15) is 0 Å². The van der Waals surface area contributed by atoms with Crippen molar-refractivity contribution in [3.63, 3.8) is 0 Å². The van der Waals surface area contributed by atoms with Crippen LogP contribution in [0.1, 0.15) is 50.6 Å². The van der Waals surface area contributed by atoms with Gasteiger partial charge in [0.25, 0.3) is 0 Å². The molecule has 162 valence electrons. The van der Waals surface area contributed by atoms with Crippen molar-refractivity contribution in [2.24, 2.45) is 5.92 Å². The standard InChI is InChI=1S/C29H30N2S/c1-17(2)11-25-18(3)26-28(32-25)27(31-16-30-26)22-13-21-12-19-9-7-8-10-20(19)14-23(21)24(15-22)29(4,5)6/h7-10,12-17H,11H2,1-6H3. The van der Waals surface area contributed by atoms with Crippen LogP contribution in [-0.2, 0) is 11.8 Å². The molecule has 0 N–H and O–H groups in total. The smallest absolute Gasteiger partial charge is 0.116 e. The lowest BCUT2D eigenvalue weighted by molar-refractivity contribution is 0.596. The predicted octanol–water partition coefficient (Wildman–Crippen LogP) is 8.47. The zero-order chi connectivity index (χ0) is 22.6. The van der Waals surface area contributed by atoms with E-state index in [-0.39, 0.29) is 5.41 Å². The van der Waals surface area contributed by atoms with E-state index in [4.69, 9.17) is 4.98 Å². The molecule has 0 atom stereocenters. The summed E-state index contributed by atoms with van der Waals surface area (Å²) in [5.74, 6) is 0.625. The minimum Gasteiger partial charge on any atom is -0.235 e. The van der Waals surface area contributed by atoms with Crippen LogP contribution in [0.5, 0.6) is 0 Å². The first-order valence-corrected chi connectivity index (χ1v) is 12.2. The molecule has 0 radical (unpaired) electrons. The fourth-order valence-corrected chi connectivity index (χ4v) is 6.13. The maximum atomic E-state index is 4.80. The van der Waals surface area contributed by atoms with Crippen molar-refractivity contribution in [2.45, 2.75) is 53.4 Å². The third-order valence-corrected chi connectivity index (χ3v) is 7.61. The lowest BCUT2D eigenvalue weighted by Gasteiger charge is -2.23. The summed E-state index contributed by atoms with van der Waals surface area (Å²) >= 11 is 1.87. The molecule has 32 heavy (non-hydrogen) atoms. The van der Waals surface area contributed by atoms with Crippen molar-refractivity contribution in [1.29, 1.82) is 0 Å². The molecule has 5 aromatic rings. The van der Waals surface area contributed by atoms with Gasteiger partial charge in [0.15, 0.2) is 0 Å². The number of thiophene rings is 1. The summed E-state index contributed by atoms with van der Waals surface area (Å²) in [5, 5.41) is 5.16. The number of fused-ring (bicyclic) bond motifs is 3. The van der Waals surface area contributed by atoms with Crippen molar-refractivity contribution in [2.75, 3.05) is 0 Å². The number of aryl methyl sites for hydroxylation is 1. The molecule has 0 aliphatic carbocycles. The van der Waals surface area contributed by atoms with E-state index in [1.807, 2.05) is 11.3 Å². The summed E-state index contributed by atoms with van der Waals surface area (Å²) in [4.78, 5) is 10.9. The minimum absolute atomic E-state index is 0.0248. The molecule has 2 aromatic heterocycles. The van der Waals surface area contributed by atoms with E-state index in [0.717, 1.165) is 17.6 Å². The largest absolute Gasteiger partial charge is 0.235 e. The predicted molar refractivity (Wildman–Crippen MR) is 140 cm³/mol. The average Bonchev–Trinajstić information content (AvgIpc) is 3.05. The molecule has 3 heteroatoms. The average molecular weight is 439 g/mol. The number of benzene rings is 3. The van der Waals surface area contributed by atoms with Crippen LogP contribution in [0.4, 0.5) is 0 Å². The Morgan fingerprint density at radius 1 is 0.906 bits per heavy atom. The first kappa shape index (κ1) is 21.1. The maximum Gasteiger partial charge on any atom is 0.116 e. The summed E-state index contributed by atoms with van der Waals surface area (Å²) in [5.41, 5.74) is 6.04. The number of rotatable bonds is 3. The van der Waals surface area contributed by atoms with Gasteiger partial charge in [-0.2, -0.15) is 0 Å². The Balaban J connectivity index is 1.81. The highest BCUT2D eigenvalue weighted by molar-refractivity contribution is 7.19. The number of hydrogen-bond donors (Lipinski definition) is 0. The highest BCUT2D eigenvalue weighted by Gasteiger charge is 2.21. The second kappa shape index (κ2) is 7.67. The maximum absolute atomic E-state index is 4.80. The van der Waals surface area contributed by atoms with Gasteiger partial charge in [-0.1, -0.05) is 58.9 Å². The Hall–Kier alpha value is -2.78. The number of aromatic nitrogens is 2. The number of nitrogens with zero attached hydrogens (tertiary/aromatic N) is 2. The zero-order valence-electron chi connectivity index (χ0n) is 19.8. The quantitative estimate of drug-likeness (QED) is 0.264. The molecule has 3 aromatic carbocycles. The molecule has 5 rings (SSSR count). The molecular weight excluding hydrogens is 408 g/mol. The summed E-state index contributed by atoms with van der Waals surface area (Å²) in [7, 11) is 0. The first-order valence-electron chi connectivity index (χ1n) is 11.4. The summed E-state index contributed by atoms with van der Waals surface area (Å²) in [6, 6.07) is 18.0. The van der Waals surface area contributed by atoms with Crippen molar-refractivity contribution in [1.82, 2.24) is 9.97 Å². The van der Waals surface area contributed by atoms with Crippen LogP contribution in [0.15, 0.2) is 54.9 Å². The summed E-state index contributed by atoms with van der Waals surface area (Å²) in [6.07, 6.45) is 2.82. The Bertz CT molecular complexity index is 1470. The van der Waals surface area contributed by atoms with Crippen LogP contribution in [0.3, 0.4) is 0 Å². The first-order chi connectivity index (χ1) is 15.2. The van der Waals surface area contributed by atoms with Crippen molar-refractivity contribution >= 4 is 43.1 Å². The molecule has 0 amide bonds. The van der Waals surface area contributed by atoms with Gasteiger partial charge in [-0.05, 0) is 81.6 Å². The minimum atomic E-state index is 0.0248. The van der Waals surface area contributed by atoms with Crippen LogP contribution < -0.4 is 0 Å². The van der Waals surface area contributed by atoms with Gasteiger partial charge in [0.05, 0.1) is 15.9 Å². The van der Waals surface area contributed by atoms with Gasteiger partial charge in [0.1, 0.15) is 6.33 Å². The molecular formula is C29H30N2S. The van der Waals surface area contributed by atoms with E-state index >= 15 is 0 Å². The second-order valence-corrected chi connectivity index (χ2v) is 11.4. The molecule has 0 spiro atoms. The van der Waals surface area contributed by atoms with Crippen LogP contribution in [-0.4, -0.2) is 9.97 Å². The molecule has 0 bridgehead atoms. The molecule has 2 nitrogen and oxygen atoms in total. The van der Waals surface area contributed by atoms with Gasteiger partial charge in [0.2, 0.25) is 0 Å². The highest BCUT2D eigenvalue weighted by Crippen LogP contribution is 2.40. The fourth-order valence-electron chi connectivity index (χ4n) is 4.65. The van der Waals surface area contributed by atoms with E-state index in [1.165, 1.54) is 47.8 Å². The Morgan fingerprint density at radius 2 is 1.62 bits per heavy atom. The van der Waals surface area contributed by atoms with Crippen LogP contribution >= 0.6 is 11.3 Å². The van der Waals surface area contributed by atoms with Crippen LogP contribution in [0.25, 0.3) is 43.0 Å². The van der Waals surface area contributed by atoms with Gasteiger partial charge in [-0.3, -0.25) is 0 Å². The third-order valence-electron chi connectivity index (χ3n) is 6.30. The molecule has 0 saturated carbocycles. The summed E-state index contributed by atoms with van der Waals surface area (Å²) < 4.78 is 1.21. The topological polar surface area (TPSA) is 25.8 Å². The molecule has 0 aliphatic rings. The Morgan fingerprint density at radius 3 is 2.31 bits per heavy atom. The molecule has 0 fully saturated rings. The monoisotopic (exact) mass is 438 g/mol.